The monoisotopic (exact) mass is 361 g/mol. The molecule has 1 aromatic carbocycles. The molecule has 2 aliphatic heterocycles. The molecule has 134 valence electrons. The maximum atomic E-state index is 12.8. The van der Waals surface area contributed by atoms with Crippen LogP contribution in [-0.2, 0) is 10.0 Å². The minimum atomic E-state index is -3.46. The summed E-state index contributed by atoms with van der Waals surface area (Å²) in [4.78, 5) is 15.3. The number of hydrogen-bond donors (Lipinski definition) is 1. The van der Waals surface area contributed by atoms with Crippen molar-refractivity contribution in [3.8, 4) is 0 Å². The summed E-state index contributed by atoms with van der Waals surface area (Å²) < 4.78 is 25.2. The van der Waals surface area contributed by atoms with E-state index in [0.29, 0.717) is 28.6 Å². The molecule has 0 aliphatic carbocycles. The zero-order valence-corrected chi connectivity index (χ0v) is 15.3. The predicted molar refractivity (Wildman–Crippen MR) is 97.2 cm³/mol. The first-order valence-corrected chi connectivity index (χ1v) is 10.5. The van der Waals surface area contributed by atoms with E-state index in [-0.39, 0.29) is 11.9 Å². The zero-order valence-electron chi connectivity index (χ0n) is 14.5. The molecule has 2 saturated heterocycles. The summed E-state index contributed by atoms with van der Waals surface area (Å²) >= 11 is 0. The molecular weight excluding hydrogens is 338 g/mol. The lowest BCUT2D eigenvalue weighted by Gasteiger charge is -2.36. The molecule has 4 rings (SSSR count). The lowest BCUT2D eigenvalue weighted by molar-refractivity contribution is 0.0884. The van der Waals surface area contributed by atoms with Gasteiger partial charge in [0.2, 0.25) is 10.0 Å². The number of amides is 1. The molecule has 6 nitrogen and oxygen atoms in total. The van der Waals surface area contributed by atoms with E-state index in [4.69, 9.17) is 0 Å². The van der Waals surface area contributed by atoms with Crippen molar-refractivity contribution in [2.24, 2.45) is 0 Å². The van der Waals surface area contributed by atoms with Crippen LogP contribution in [0, 0.1) is 0 Å². The first-order valence-electron chi connectivity index (χ1n) is 8.68. The second-order valence-electron chi connectivity index (χ2n) is 7.31. The highest BCUT2D eigenvalue weighted by molar-refractivity contribution is 7.89. The molecule has 1 N–H and O–H groups in total. The van der Waals surface area contributed by atoms with Crippen LogP contribution in [0.3, 0.4) is 0 Å². The van der Waals surface area contributed by atoms with E-state index in [1.807, 2.05) is 6.07 Å². The highest BCUT2D eigenvalue weighted by atomic mass is 32.2. The van der Waals surface area contributed by atoms with E-state index in [9.17, 15) is 13.2 Å². The van der Waals surface area contributed by atoms with Crippen molar-refractivity contribution in [3.05, 3.63) is 36.0 Å². The number of para-hydroxylation sites is 1. The first-order chi connectivity index (χ1) is 11.8. The average molecular weight is 361 g/mol. The van der Waals surface area contributed by atoms with E-state index < -0.39 is 10.0 Å². The summed E-state index contributed by atoms with van der Waals surface area (Å²) in [5, 5.41) is 3.81. The smallest absolute Gasteiger partial charge is 0.253 e. The average Bonchev–Trinajstić information content (AvgIpc) is 3.02. The van der Waals surface area contributed by atoms with Gasteiger partial charge >= 0.3 is 0 Å². The zero-order chi connectivity index (χ0) is 17.8. The number of aromatic nitrogens is 1. The molecule has 1 amide bonds. The molecular formula is C18H23N3O3S. The fourth-order valence-electron chi connectivity index (χ4n) is 4.40. The van der Waals surface area contributed by atoms with E-state index in [1.54, 1.807) is 18.2 Å². The van der Waals surface area contributed by atoms with Crippen LogP contribution >= 0.6 is 0 Å². The molecule has 0 unspecified atom stereocenters. The predicted octanol–water partition coefficient (Wildman–Crippen LogP) is 1.80. The summed E-state index contributed by atoms with van der Waals surface area (Å²) in [7, 11) is -1.29. The number of nitrogens with one attached hydrogen (secondary N) is 1. The number of hydrogen-bond acceptors (Lipinski definition) is 4. The SMILES string of the molecule is CN1[C@@H]2CC[C@H]1C[C@@H](NC(=O)c1cn(S(C)(=O)=O)c3ccccc13)C2. The Hall–Kier alpha value is -1.86. The maximum Gasteiger partial charge on any atom is 0.253 e. The van der Waals surface area contributed by atoms with Gasteiger partial charge in [0.15, 0.2) is 0 Å². The largest absolute Gasteiger partial charge is 0.349 e. The van der Waals surface area contributed by atoms with Gasteiger partial charge in [-0.1, -0.05) is 18.2 Å². The van der Waals surface area contributed by atoms with Crippen LogP contribution in [0.15, 0.2) is 30.5 Å². The normalized spacial score (nSPS) is 26.9. The molecule has 2 aliphatic rings. The molecule has 3 atom stereocenters. The van der Waals surface area contributed by atoms with Gasteiger partial charge in [0, 0.05) is 29.7 Å². The Kier molecular flexibility index (Phi) is 3.88. The van der Waals surface area contributed by atoms with Gasteiger partial charge in [-0.05, 0) is 38.8 Å². The lowest BCUT2D eigenvalue weighted by atomic mass is 9.97. The van der Waals surface area contributed by atoms with Gasteiger partial charge in [-0.25, -0.2) is 12.4 Å². The molecule has 7 heteroatoms. The molecule has 0 saturated carbocycles. The van der Waals surface area contributed by atoms with Crippen LogP contribution in [0.5, 0.6) is 0 Å². The van der Waals surface area contributed by atoms with Gasteiger partial charge in [-0.3, -0.25) is 4.79 Å². The summed E-state index contributed by atoms with van der Waals surface area (Å²) in [6.07, 6.45) is 6.91. The van der Waals surface area contributed by atoms with Crippen LogP contribution in [0.2, 0.25) is 0 Å². The van der Waals surface area contributed by atoms with Crippen molar-refractivity contribution in [2.75, 3.05) is 13.3 Å². The van der Waals surface area contributed by atoms with Crippen molar-refractivity contribution >= 4 is 26.8 Å². The topological polar surface area (TPSA) is 71.4 Å². The number of piperidine rings is 1. The maximum absolute atomic E-state index is 12.8. The van der Waals surface area contributed by atoms with Crippen LogP contribution in [0.1, 0.15) is 36.0 Å². The summed E-state index contributed by atoms with van der Waals surface area (Å²) in [6, 6.07) is 8.36. The van der Waals surface area contributed by atoms with Crippen molar-refractivity contribution in [1.29, 1.82) is 0 Å². The van der Waals surface area contributed by atoms with Crippen molar-refractivity contribution in [2.45, 2.75) is 43.8 Å². The number of fused-ring (bicyclic) bond motifs is 3. The third-order valence-electron chi connectivity index (χ3n) is 5.71. The summed E-state index contributed by atoms with van der Waals surface area (Å²) in [6.45, 7) is 0. The van der Waals surface area contributed by atoms with Crippen LogP contribution in [0.4, 0.5) is 0 Å². The fraction of sp³-hybridized carbons (Fsp3) is 0.500. The number of carbonyl (C=O) groups excluding carboxylic acids is 1. The number of benzene rings is 1. The highest BCUT2D eigenvalue weighted by Crippen LogP contribution is 2.34. The van der Waals surface area contributed by atoms with Crippen molar-refractivity contribution in [1.82, 2.24) is 14.2 Å². The summed E-state index contributed by atoms with van der Waals surface area (Å²) in [5.41, 5.74) is 0.964. The molecule has 2 aromatic rings. The van der Waals surface area contributed by atoms with Gasteiger partial charge < -0.3 is 10.2 Å². The lowest BCUT2D eigenvalue weighted by Crippen LogP contribution is -2.48. The van der Waals surface area contributed by atoms with E-state index in [1.165, 1.54) is 23.0 Å². The quantitative estimate of drug-likeness (QED) is 0.905. The van der Waals surface area contributed by atoms with Gasteiger partial charge in [0.1, 0.15) is 0 Å². The number of carbonyl (C=O) groups is 1. The molecule has 2 bridgehead atoms. The second kappa shape index (κ2) is 5.85. The van der Waals surface area contributed by atoms with E-state index >= 15 is 0 Å². The Bertz CT molecular complexity index is 920. The van der Waals surface area contributed by atoms with Gasteiger partial charge in [0.25, 0.3) is 5.91 Å². The first kappa shape index (κ1) is 16.6. The van der Waals surface area contributed by atoms with Crippen LogP contribution in [0.25, 0.3) is 10.9 Å². The Labute approximate surface area is 147 Å². The van der Waals surface area contributed by atoms with Crippen molar-refractivity contribution in [3.63, 3.8) is 0 Å². The Balaban J connectivity index is 1.63. The minimum absolute atomic E-state index is 0.154. The Morgan fingerprint density at radius 1 is 1.16 bits per heavy atom. The third-order valence-corrected chi connectivity index (χ3v) is 6.73. The van der Waals surface area contributed by atoms with E-state index in [0.717, 1.165) is 19.1 Å². The second-order valence-corrected chi connectivity index (χ2v) is 9.17. The van der Waals surface area contributed by atoms with Crippen molar-refractivity contribution < 1.29 is 13.2 Å². The number of rotatable bonds is 3. The molecule has 25 heavy (non-hydrogen) atoms. The van der Waals surface area contributed by atoms with Crippen LogP contribution in [-0.4, -0.2) is 54.6 Å². The van der Waals surface area contributed by atoms with Crippen LogP contribution < -0.4 is 5.32 Å². The van der Waals surface area contributed by atoms with Gasteiger partial charge in [0.05, 0.1) is 17.3 Å². The molecule has 1 aromatic heterocycles. The fourth-order valence-corrected chi connectivity index (χ4v) is 5.21. The van der Waals surface area contributed by atoms with Gasteiger partial charge in [-0.15, -0.1) is 0 Å². The molecule has 3 heterocycles. The standard InChI is InChI=1S/C18H23N3O3S/c1-20-13-7-8-14(20)10-12(9-13)19-18(22)16-11-21(25(2,23)24)17-6-4-3-5-15(16)17/h3-6,11-14H,7-10H2,1-2H3,(H,19,22)/t12-,13+,14-. The third kappa shape index (κ3) is 2.85. The minimum Gasteiger partial charge on any atom is -0.349 e. The number of nitrogens with zero attached hydrogens (tertiary/aromatic N) is 2. The molecule has 0 radical (unpaired) electrons. The Morgan fingerprint density at radius 2 is 1.80 bits per heavy atom. The highest BCUT2D eigenvalue weighted by Gasteiger charge is 2.39. The van der Waals surface area contributed by atoms with E-state index in [2.05, 4.69) is 17.3 Å². The van der Waals surface area contributed by atoms with Gasteiger partial charge in [-0.2, -0.15) is 0 Å². The molecule has 2 fully saturated rings. The summed E-state index contributed by atoms with van der Waals surface area (Å²) in [5.74, 6) is -0.187. The molecule has 0 spiro atoms. The Morgan fingerprint density at radius 3 is 2.44 bits per heavy atom.